The number of nitrogens with one attached hydrogen (secondary N) is 1. The van der Waals surface area contributed by atoms with Crippen LogP contribution in [0.2, 0.25) is 0 Å². The van der Waals surface area contributed by atoms with Crippen molar-refractivity contribution in [2.24, 2.45) is 0 Å². The average molecular weight is 391 g/mol. The second-order valence-electron chi connectivity index (χ2n) is 6.43. The van der Waals surface area contributed by atoms with Gasteiger partial charge in [-0.15, -0.1) is 0 Å². The molecular formula is C20H39NO2Zn. The number of hydroxylamine groups is 1. The number of allylic oxidation sites excluding steroid dienone is 2. The molecule has 0 atom stereocenters. The second-order valence-corrected chi connectivity index (χ2v) is 6.43. The van der Waals surface area contributed by atoms with E-state index in [0.717, 1.165) is 13.0 Å². The second kappa shape index (κ2) is 22.8. The minimum atomic E-state index is -0.269. The molecule has 0 aromatic carbocycles. The molecular weight excluding hydrogens is 352 g/mol. The first-order chi connectivity index (χ1) is 11.3. The Kier molecular flexibility index (Phi) is 24.7. The topological polar surface area (TPSA) is 38.3 Å². The van der Waals surface area contributed by atoms with E-state index < -0.39 is 0 Å². The Hall–Kier alpha value is -0.207. The minimum Gasteiger partial charge on any atom is -0.371 e. The van der Waals surface area contributed by atoms with Crippen molar-refractivity contribution in [2.45, 2.75) is 104 Å². The summed E-state index contributed by atoms with van der Waals surface area (Å²) in [4.78, 5) is 15.2. The molecule has 4 heteroatoms. The van der Waals surface area contributed by atoms with E-state index in [9.17, 15) is 4.79 Å². The van der Waals surface area contributed by atoms with Gasteiger partial charge < -0.3 is 4.84 Å². The number of carbonyl (C=O) groups is 1. The van der Waals surface area contributed by atoms with Gasteiger partial charge in [0.15, 0.2) is 0 Å². The van der Waals surface area contributed by atoms with E-state index in [1.54, 1.807) is 0 Å². The van der Waals surface area contributed by atoms with Crippen LogP contribution in [0.3, 0.4) is 0 Å². The number of hydrogen-bond acceptors (Lipinski definition) is 3. The van der Waals surface area contributed by atoms with Crippen molar-refractivity contribution in [3.05, 3.63) is 12.2 Å². The maximum atomic E-state index is 10.5. The molecule has 0 bridgehead atoms. The Morgan fingerprint density at radius 1 is 0.792 bits per heavy atom. The molecule has 24 heavy (non-hydrogen) atoms. The van der Waals surface area contributed by atoms with Crippen LogP contribution in [0.15, 0.2) is 12.2 Å². The van der Waals surface area contributed by atoms with Crippen molar-refractivity contribution >= 4 is 5.97 Å². The zero-order valence-electron chi connectivity index (χ0n) is 16.3. The zero-order valence-corrected chi connectivity index (χ0v) is 19.3. The summed E-state index contributed by atoms with van der Waals surface area (Å²) >= 11 is 0. The molecule has 0 aliphatic rings. The monoisotopic (exact) mass is 389 g/mol. The SMILES string of the molecule is CCCCCCCC/C=C\CCCCCCCCNOC(C)=O.[Zn]. The fourth-order valence-electron chi connectivity index (χ4n) is 2.60. The van der Waals surface area contributed by atoms with Crippen molar-refractivity contribution in [2.75, 3.05) is 6.54 Å². The van der Waals surface area contributed by atoms with Gasteiger partial charge in [0, 0.05) is 32.9 Å². The molecule has 0 saturated heterocycles. The number of hydrogen-bond donors (Lipinski definition) is 1. The maximum absolute atomic E-state index is 10.5. The quantitative estimate of drug-likeness (QED) is 0.141. The molecule has 1 N–H and O–H groups in total. The van der Waals surface area contributed by atoms with E-state index in [4.69, 9.17) is 0 Å². The van der Waals surface area contributed by atoms with Crippen LogP contribution in [0, 0.1) is 0 Å². The van der Waals surface area contributed by atoms with Gasteiger partial charge in [-0.1, -0.05) is 76.9 Å². The molecule has 0 rings (SSSR count). The predicted octanol–water partition coefficient (Wildman–Crippen LogP) is 6.09. The van der Waals surface area contributed by atoms with Crippen LogP contribution >= 0.6 is 0 Å². The van der Waals surface area contributed by atoms with E-state index in [-0.39, 0.29) is 25.4 Å². The fraction of sp³-hybridized carbons (Fsp3) is 0.850. The van der Waals surface area contributed by atoms with Gasteiger partial charge in [-0.05, 0) is 32.1 Å². The summed E-state index contributed by atoms with van der Waals surface area (Å²) in [6.07, 6.45) is 23.1. The first-order valence-electron chi connectivity index (χ1n) is 9.82. The molecule has 0 aromatic rings. The van der Waals surface area contributed by atoms with Crippen LogP contribution in [0.4, 0.5) is 0 Å². The van der Waals surface area contributed by atoms with E-state index in [1.807, 2.05) is 0 Å². The van der Waals surface area contributed by atoms with Gasteiger partial charge >= 0.3 is 5.97 Å². The molecule has 0 amide bonds. The predicted molar refractivity (Wildman–Crippen MR) is 99.2 cm³/mol. The summed E-state index contributed by atoms with van der Waals surface area (Å²) in [5.41, 5.74) is 2.68. The van der Waals surface area contributed by atoms with Crippen LogP contribution in [0.5, 0.6) is 0 Å². The first kappa shape index (κ1) is 26.0. The van der Waals surface area contributed by atoms with Crippen molar-refractivity contribution in [3.63, 3.8) is 0 Å². The van der Waals surface area contributed by atoms with Gasteiger partial charge in [0.05, 0.1) is 0 Å². The third-order valence-corrected chi connectivity index (χ3v) is 4.01. The third-order valence-electron chi connectivity index (χ3n) is 4.01. The van der Waals surface area contributed by atoms with Gasteiger partial charge in [0.25, 0.3) is 0 Å². The van der Waals surface area contributed by atoms with Gasteiger partial charge in [-0.2, -0.15) is 5.48 Å². The molecule has 0 spiro atoms. The number of rotatable bonds is 17. The summed E-state index contributed by atoms with van der Waals surface area (Å²) < 4.78 is 0. The molecule has 0 unspecified atom stereocenters. The molecule has 0 aliphatic heterocycles. The van der Waals surface area contributed by atoms with Gasteiger partial charge in [-0.3, -0.25) is 4.79 Å². The Bertz CT molecular complexity index is 283. The van der Waals surface area contributed by atoms with Gasteiger partial charge in [-0.25, -0.2) is 0 Å². The van der Waals surface area contributed by atoms with E-state index in [1.165, 1.54) is 90.4 Å². The smallest absolute Gasteiger partial charge is 0.321 e. The summed E-state index contributed by atoms with van der Waals surface area (Å²) in [5.74, 6) is -0.269. The first-order valence-corrected chi connectivity index (χ1v) is 9.82. The van der Waals surface area contributed by atoms with E-state index >= 15 is 0 Å². The van der Waals surface area contributed by atoms with Crippen LogP contribution in [-0.4, -0.2) is 12.5 Å². The molecule has 0 aliphatic carbocycles. The summed E-state index contributed by atoms with van der Waals surface area (Å²) in [6, 6.07) is 0. The Morgan fingerprint density at radius 2 is 1.25 bits per heavy atom. The summed E-state index contributed by atoms with van der Waals surface area (Å²) in [6.45, 7) is 4.45. The van der Waals surface area contributed by atoms with Crippen molar-refractivity contribution in [1.82, 2.24) is 5.48 Å². The fourth-order valence-corrected chi connectivity index (χ4v) is 2.60. The Balaban J connectivity index is 0. The summed E-state index contributed by atoms with van der Waals surface area (Å²) in [5, 5.41) is 0. The van der Waals surface area contributed by atoms with Crippen LogP contribution in [-0.2, 0) is 29.1 Å². The van der Waals surface area contributed by atoms with E-state index in [2.05, 4.69) is 29.4 Å². The minimum absolute atomic E-state index is 0. The van der Waals surface area contributed by atoms with Crippen molar-refractivity contribution in [3.8, 4) is 0 Å². The standard InChI is InChI=1S/C20H39NO2.Zn/c1-3-4-5-6-7-8-9-10-11-12-13-14-15-16-17-18-19-21-23-20(2)22;/h10-11,21H,3-9,12-19H2,1-2H3;/b11-10-;. The van der Waals surface area contributed by atoms with Crippen LogP contribution in [0.1, 0.15) is 104 Å². The zero-order chi connectivity index (χ0) is 17.0. The molecule has 3 nitrogen and oxygen atoms in total. The molecule has 0 aromatic heterocycles. The number of unbranched alkanes of at least 4 members (excludes halogenated alkanes) is 12. The van der Waals surface area contributed by atoms with Gasteiger partial charge in [0.1, 0.15) is 0 Å². The summed E-state index contributed by atoms with van der Waals surface area (Å²) in [7, 11) is 0. The molecule has 0 saturated carbocycles. The van der Waals surface area contributed by atoms with Crippen molar-refractivity contribution < 1.29 is 29.1 Å². The third kappa shape index (κ3) is 24.1. The molecule has 138 valence electrons. The Labute approximate surface area is 163 Å². The van der Waals surface area contributed by atoms with E-state index in [0.29, 0.717) is 0 Å². The molecule has 0 radical (unpaired) electrons. The van der Waals surface area contributed by atoms with Crippen LogP contribution < -0.4 is 5.48 Å². The number of carbonyl (C=O) groups excluding carboxylic acids is 1. The Morgan fingerprint density at radius 3 is 1.75 bits per heavy atom. The average Bonchev–Trinajstić information content (AvgIpc) is 2.53. The maximum Gasteiger partial charge on any atom is 0.321 e. The normalized spacial score (nSPS) is 10.8. The van der Waals surface area contributed by atoms with Crippen LogP contribution in [0.25, 0.3) is 0 Å². The molecule has 0 heterocycles. The molecule has 0 fully saturated rings. The largest absolute Gasteiger partial charge is 0.371 e. The van der Waals surface area contributed by atoms with Crippen molar-refractivity contribution in [1.29, 1.82) is 0 Å². The van der Waals surface area contributed by atoms with Gasteiger partial charge in [0.2, 0.25) is 0 Å².